The van der Waals surface area contributed by atoms with Gasteiger partial charge in [-0.2, -0.15) is 18.4 Å². The van der Waals surface area contributed by atoms with Crippen LogP contribution < -0.4 is 5.32 Å². The number of hydrogen-bond donors (Lipinski definition) is 1. The maximum Gasteiger partial charge on any atom is 0.418 e. The van der Waals surface area contributed by atoms with Crippen LogP contribution in [0.25, 0.3) is 0 Å². The first-order chi connectivity index (χ1) is 8.99. The molecule has 0 radical (unpaired) electrons. The molecule has 0 aromatic heterocycles. The number of nitrogens with zero attached hydrogens (tertiary/aromatic N) is 1. The van der Waals surface area contributed by atoms with E-state index in [1.54, 1.807) is 0 Å². The number of hydrogen-bond acceptors (Lipinski definition) is 5. The van der Waals surface area contributed by atoms with Crippen LogP contribution in [0, 0.1) is 11.3 Å². The average Bonchev–Trinajstić information content (AvgIpc) is 2.62. The average molecular weight is 305 g/mol. The zero-order valence-electron chi connectivity index (χ0n) is 10.1. The summed E-state index contributed by atoms with van der Waals surface area (Å²) in [6.45, 7) is 1.02. The Kier molecular flexibility index (Phi) is 3.00. The van der Waals surface area contributed by atoms with E-state index >= 15 is 0 Å². The molecule has 0 saturated heterocycles. The Labute approximate surface area is 112 Å². The molecule has 0 spiro atoms. The van der Waals surface area contributed by atoms with Crippen LogP contribution in [0.3, 0.4) is 0 Å². The number of fused-ring (bicyclic) bond motifs is 1. The van der Waals surface area contributed by atoms with Gasteiger partial charge in [-0.3, -0.25) is 0 Å². The van der Waals surface area contributed by atoms with Crippen molar-refractivity contribution in [2.24, 2.45) is 0 Å². The molecule has 1 aromatic carbocycles. The third-order valence-electron chi connectivity index (χ3n) is 3.18. The summed E-state index contributed by atoms with van der Waals surface area (Å²) in [6, 6.07) is 3.53. The first kappa shape index (κ1) is 14.6. The van der Waals surface area contributed by atoms with Crippen LogP contribution in [-0.4, -0.2) is 17.8 Å². The lowest BCUT2D eigenvalue weighted by atomic mass is 9.98. The molecule has 1 aliphatic heterocycles. The molecule has 1 unspecified atom stereocenters. The number of alkyl halides is 3. The smallest absolute Gasteiger partial charge is 0.418 e. The third kappa shape index (κ3) is 2.10. The monoisotopic (exact) mass is 305 g/mol. The van der Waals surface area contributed by atoms with Gasteiger partial charge in [0.25, 0.3) is 0 Å². The maximum atomic E-state index is 13.0. The SMILES string of the molecule is CC1(S(=O)(=O)[O-])Cc2c(ccc(C#N)c2C(F)(F)F)N1. The molecule has 2 rings (SSSR count). The van der Waals surface area contributed by atoms with E-state index < -0.39 is 38.7 Å². The topological polar surface area (TPSA) is 93.0 Å². The summed E-state index contributed by atoms with van der Waals surface area (Å²) in [7, 11) is -4.86. The van der Waals surface area contributed by atoms with Crippen molar-refractivity contribution in [3.8, 4) is 6.07 Å². The summed E-state index contributed by atoms with van der Waals surface area (Å²) in [6.07, 6.45) is -5.45. The minimum Gasteiger partial charge on any atom is -0.746 e. The fraction of sp³-hybridized carbons (Fsp3) is 0.364. The Hall–Kier alpha value is -1.79. The molecule has 1 N–H and O–H groups in total. The minimum atomic E-state index is -4.86. The van der Waals surface area contributed by atoms with Gasteiger partial charge >= 0.3 is 6.18 Å². The second-order valence-electron chi connectivity index (χ2n) is 4.61. The summed E-state index contributed by atoms with van der Waals surface area (Å²) >= 11 is 0. The molecule has 0 saturated carbocycles. The van der Waals surface area contributed by atoms with Crippen molar-refractivity contribution in [2.75, 3.05) is 5.32 Å². The van der Waals surface area contributed by atoms with E-state index in [2.05, 4.69) is 5.32 Å². The molecule has 20 heavy (non-hydrogen) atoms. The van der Waals surface area contributed by atoms with Gasteiger partial charge in [-0.25, -0.2) is 8.42 Å². The standard InChI is InChI=1S/C11H9F3N2O3S/c1-10(20(17,18)19)4-7-8(16-10)3-2-6(5-15)9(7)11(12,13)14/h2-3,16H,4H2,1H3,(H,17,18,19)/p-1. The molecule has 0 aliphatic carbocycles. The first-order valence-corrected chi connectivity index (χ1v) is 6.77. The van der Waals surface area contributed by atoms with E-state index in [4.69, 9.17) is 5.26 Å². The van der Waals surface area contributed by atoms with Gasteiger partial charge in [0.05, 0.1) is 17.2 Å². The number of halogens is 3. The van der Waals surface area contributed by atoms with E-state index in [-0.39, 0.29) is 11.3 Å². The number of nitriles is 1. The van der Waals surface area contributed by atoms with Crippen molar-refractivity contribution in [1.82, 2.24) is 0 Å². The van der Waals surface area contributed by atoms with Gasteiger partial charge in [0.15, 0.2) is 0 Å². The van der Waals surface area contributed by atoms with E-state index in [1.165, 1.54) is 12.1 Å². The highest BCUT2D eigenvalue weighted by molar-refractivity contribution is 7.87. The molecule has 9 heteroatoms. The second-order valence-corrected chi connectivity index (χ2v) is 6.42. The predicted octanol–water partition coefficient (Wildman–Crippen LogP) is 1.81. The molecule has 0 bridgehead atoms. The van der Waals surface area contributed by atoms with Crippen LogP contribution in [-0.2, 0) is 22.7 Å². The summed E-state index contributed by atoms with van der Waals surface area (Å²) < 4.78 is 72.6. The largest absolute Gasteiger partial charge is 0.746 e. The van der Waals surface area contributed by atoms with Crippen molar-refractivity contribution in [1.29, 1.82) is 5.26 Å². The molecule has 1 aliphatic rings. The number of anilines is 1. The molecular weight excluding hydrogens is 297 g/mol. The zero-order chi connectivity index (χ0) is 15.3. The van der Waals surface area contributed by atoms with Crippen molar-refractivity contribution >= 4 is 15.8 Å². The lowest BCUT2D eigenvalue weighted by Crippen LogP contribution is -2.41. The fourth-order valence-corrected chi connectivity index (χ4v) is 2.74. The molecular formula is C11H8F3N2O3S-. The Morgan fingerprint density at radius 2 is 2.05 bits per heavy atom. The number of rotatable bonds is 1. The molecule has 1 aromatic rings. The van der Waals surface area contributed by atoms with Gasteiger partial charge in [0.1, 0.15) is 15.0 Å². The Morgan fingerprint density at radius 3 is 2.50 bits per heavy atom. The van der Waals surface area contributed by atoms with Crippen LogP contribution in [0.15, 0.2) is 12.1 Å². The summed E-state index contributed by atoms with van der Waals surface area (Å²) in [5.74, 6) is 0. The minimum absolute atomic E-state index is 0.0988. The Bertz CT molecular complexity index is 722. The highest BCUT2D eigenvalue weighted by Gasteiger charge is 2.45. The molecule has 108 valence electrons. The quantitative estimate of drug-likeness (QED) is 0.799. The molecule has 5 nitrogen and oxygen atoms in total. The van der Waals surface area contributed by atoms with Crippen LogP contribution in [0.2, 0.25) is 0 Å². The first-order valence-electron chi connectivity index (χ1n) is 5.36. The van der Waals surface area contributed by atoms with Crippen molar-refractivity contribution in [2.45, 2.75) is 24.4 Å². The number of nitrogens with one attached hydrogen (secondary N) is 1. The highest BCUT2D eigenvalue weighted by Crippen LogP contribution is 2.44. The van der Waals surface area contributed by atoms with Crippen molar-refractivity contribution in [3.05, 3.63) is 28.8 Å². The molecule has 0 amide bonds. The summed E-state index contributed by atoms with van der Waals surface area (Å²) in [4.78, 5) is -2.05. The van der Waals surface area contributed by atoms with Gasteiger partial charge in [-0.05, 0) is 24.6 Å². The van der Waals surface area contributed by atoms with Crippen LogP contribution in [0.5, 0.6) is 0 Å². The Morgan fingerprint density at radius 1 is 1.45 bits per heavy atom. The fourth-order valence-electron chi connectivity index (χ4n) is 2.18. The van der Waals surface area contributed by atoms with Gasteiger partial charge in [0, 0.05) is 12.1 Å². The second kappa shape index (κ2) is 4.10. The van der Waals surface area contributed by atoms with E-state index in [0.29, 0.717) is 0 Å². The van der Waals surface area contributed by atoms with Gasteiger partial charge in [0.2, 0.25) is 0 Å². The van der Waals surface area contributed by atoms with E-state index in [0.717, 1.165) is 13.0 Å². The maximum absolute atomic E-state index is 13.0. The van der Waals surface area contributed by atoms with E-state index in [9.17, 15) is 26.1 Å². The predicted molar refractivity (Wildman–Crippen MR) is 61.6 cm³/mol. The lowest BCUT2D eigenvalue weighted by Gasteiger charge is -2.28. The van der Waals surface area contributed by atoms with Crippen molar-refractivity contribution < 1.29 is 26.1 Å². The third-order valence-corrected chi connectivity index (χ3v) is 4.53. The van der Waals surface area contributed by atoms with Gasteiger partial charge in [-0.15, -0.1) is 0 Å². The zero-order valence-corrected chi connectivity index (χ0v) is 10.9. The Balaban J connectivity index is 2.68. The number of benzene rings is 1. The molecule has 1 atom stereocenters. The van der Waals surface area contributed by atoms with Crippen LogP contribution in [0.4, 0.5) is 18.9 Å². The normalized spacial score (nSPS) is 22.0. The molecule has 0 fully saturated rings. The summed E-state index contributed by atoms with van der Waals surface area (Å²) in [5.41, 5.74) is -2.28. The van der Waals surface area contributed by atoms with Gasteiger partial charge in [-0.1, -0.05) is 0 Å². The molecule has 1 heterocycles. The lowest BCUT2D eigenvalue weighted by molar-refractivity contribution is -0.138. The van der Waals surface area contributed by atoms with Crippen molar-refractivity contribution in [3.63, 3.8) is 0 Å². The summed E-state index contributed by atoms with van der Waals surface area (Å²) in [5, 5.41) is 11.1. The van der Waals surface area contributed by atoms with Crippen LogP contribution in [0.1, 0.15) is 23.6 Å². The van der Waals surface area contributed by atoms with Gasteiger partial charge < -0.3 is 9.87 Å². The van der Waals surface area contributed by atoms with Crippen LogP contribution >= 0.6 is 0 Å². The highest BCUT2D eigenvalue weighted by atomic mass is 32.2. The van der Waals surface area contributed by atoms with E-state index in [1.807, 2.05) is 0 Å².